The van der Waals surface area contributed by atoms with Crippen molar-refractivity contribution in [3.8, 4) is 5.75 Å². The molecule has 0 fully saturated rings. The summed E-state index contributed by atoms with van der Waals surface area (Å²) in [5.74, 6) is 0.422. The molecule has 0 heterocycles. The van der Waals surface area contributed by atoms with Crippen molar-refractivity contribution in [2.45, 2.75) is 13.0 Å². The molecule has 0 aliphatic carbocycles. The summed E-state index contributed by atoms with van der Waals surface area (Å²) in [5.41, 5.74) is 7.29. The highest BCUT2D eigenvalue weighted by Crippen LogP contribution is 2.22. The van der Waals surface area contributed by atoms with Gasteiger partial charge in [0.05, 0.1) is 9.46 Å². The van der Waals surface area contributed by atoms with E-state index in [1.165, 1.54) is 6.07 Å². The Morgan fingerprint density at radius 1 is 1.20 bits per heavy atom. The van der Waals surface area contributed by atoms with Gasteiger partial charge in [0, 0.05) is 12.0 Å². The van der Waals surface area contributed by atoms with Crippen LogP contribution >= 0.6 is 28.1 Å². The molecular weight excluding hydrogens is 341 g/mol. The number of nitrogens with two attached hydrogens (primary N) is 1. The molecule has 0 saturated heterocycles. The first-order valence-electron chi connectivity index (χ1n) is 5.99. The lowest BCUT2D eigenvalue weighted by atomic mass is 10.1. The van der Waals surface area contributed by atoms with E-state index >= 15 is 0 Å². The van der Waals surface area contributed by atoms with Crippen LogP contribution in [0.5, 0.6) is 5.75 Å². The Morgan fingerprint density at radius 2 is 1.90 bits per heavy atom. The molecule has 0 radical (unpaired) electrons. The molecule has 0 amide bonds. The summed E-state index contributed by atoms with van der Waals surface area (Å²) in [7, 11) is 0. The predicted molar refractivity (Wildman–Crippen MR) is 85.4 cm³/mol. The van der Waals surface area contributed by atoms with E-state index in [0.717, 1.165) is 11.1 Å². The molecule has 5 heteroatoms. The second-order valence-corrected chi connectivity index (χ2v) is 5.61. The van der Waals surface area contributed by atoms with Gasteiger partial charge in [-0.05, 0) is 39.7 Å². The number of hydrogen-bond donors (Lipinski definition) is 1. The third-order valence-electron chi connectivity index (χ3n) is 2.73. The van der Waals surface area contributed by atoms with Gasteiger partial charge < -0.3 is 10.5 Å². The average molecular weight is 354 g/mol. The van der Waals surface area contributed by atoms with E-state index in [9.17, 15) is 4.39 Å². The van der Waals surface area contributed by atoms with Crippen molar-refractivity contribution in [3.05, 3.63) is 63.9 Å². The second kappa shape index (κ2) is 6.81. The van der Waals surface area contributed by atoms with Gasteiger partial charge in [0.15, 0.2) is 0 Å². The Hall–Kier alpha value is -1.46. The number of benzene rings is 2. The normalized spacial score (nSPS) is 10.3. The molecule has 2 nitrogen and oxygen atoms in total. The van der Waals surface area contributed by atoms with E-state index in [4.69, 9.17) is 22.7 Å². The maximum absolute atomic E-state index is 13.4. The minimum Gasteiger partial charge on any atom is -0.489 e. The summed E-state index contributed by atoms with van der Waals surface area (Å²) in [4.78, 5) is 0.461. The van der Waals surface area contributed by atoms with Crippen molar-refractivity contribution in [1.29, 1.82) is 0 Å². The fraction of sp³-hybridized carbons (Fsp3) is 0.133. The predicted octanol–water partition coefficient (Wildman–Crippen LogP) is 4.00. The Morgan fingerprint density at radius 3 is 2.55 bits per heavy atom. The van der Waals surface area contributed by atoms with Crippen molar-refractivity contribution in [1.82, 2.24) is 0 Å². The summed E-state index contributed by atoms with van der Waals surface area (Å²) in [6.07, 6.45) is 0.574. The molecule has 0 spiro atoms. The van der Waals surface area contributed by atoms with E-state index in [2.05, 4.69) is 15.9 Å². The number of ether oxygens (including phenoxy) is 1. The van der Waals surface area contributed by atoms with Gasteiger partial charge >= 0.3 is 0 Å². The fourth-order valence-electron chi connectivity index (χ4n) is 1.73. The van der Waals surface area contributed by atoms with Crippen LogP contribution in [0.25, 0.3) is 0 Å². The molecule has 0 bridgehead atoms. The van der Waals surface area contributed by atoms with Crippen LogP contribution in [0.1, 0.15) is 11.1 Å². The standard InChI is InChI=1S/C15H13BrFNOS/c16-15-11(2-1-3-13(15)17)9-19-12-6-4-10(5-7-12)8-14(18)20/h1-7H,8-9H2,(H2,18,20). The summed E-state index contributed by atoms with van der Waals surface area (Å²) in [5, 5.41) is 0. The molecule has 2 aromatic carbocycles. The monoisotopic (exact) mass is 353 g/mol. The lowest BCUT2D eigenvalue weighted by Crippen LogP contribution is -2.10. The zero-order chi connectivity index (χ0) is 14.5. The van der Waals surface area contributed by atoms with Crippen LogP contribution in [-0.2, 0) is 13.0 Å². The maximum Gasteiger partial charge on any atom is 0.137 e. The largest absolute Gasteiger partial charge is 0.489 e. The van der Waals surface area contributed by atoms with Gasteiger partial charge in [0.1, 0.15) is 18.2 Å². The maximum atomic E-state index is 13.4. The lowest BCUT2D eigenvalue weighted by Gasteiger charge is -2.09. The van der Waals surface area contributed by atoms with Gasteiger partial charge in [-0.15, -0.1) is 0 Å². The molecule has 0 atom stereocenters. The number of halogens is 2. The Kier molecular flexibility index (Phi) is 5.09. The number of hydrogen-bond acceptors (Lipinski definition) is 2. The van der Waals surface area contributed by atoms with Gasteiger partial charge in [0.25, 0.3) is 0 Å². The van der Waals surface area contributed by atoms with E-state index < -0.39 is 0 Å². The van der Waals surface area contributed by atoms with Gasteiger partial charge in [-0.2, -0.15) is 0 Å². The zero-order valence-corrected chi connectivity index (χ0v) is 13.0. The smallest absolute Gasteiger partial charge is 0.137 e. The second-order valence-electron chi connectivity index (χ2n) is 4.29. The number of thiocarbonyl (C=S) groups is 1. The highest BCUT2D eigenvalue weighted by atomic mass is 79.9. The minimum absolute atomic E-state index is 0.294. The van der Waals surface area contributed by atoms with E-state index in [0.29, 0.717) is 28.2 Å². The molecule has 20 heavy (non-hydrogen) atoms. The quantitative estimate of drug-likeness (QED) is 0.825. The summed E-state index contributed by atoms with van der Waals surface area (Å²) >= 11 is 8.07. The lowest BCUT2D eigenvalue weighted by molar-refractivity contribution is 0.304. The highest BCUT2D eigenvalue weighted by molar-refractivity contribution is 9.10. The third kappa shape index (κ3) is 4.02. The molecule has 0 saturated carbocycles. The molecule has 0 aliphatic heterocycles. The van der Waals surface area contributed by atoms with Crippen molar-refractivity contribution < 1.29 is 9.13 Å². The minimum atomic E-state index is -0.294. The first-order valence-corrected chi connectivity index (χ1v) is 7.19. The summed E-state index contributed by atoms with van der Waals surface area (Å²) in [6, 6.07) is 12.4. The first kappa shape index (κ1) is 14.9. The first-order chi connectivity index (χ1) is 9.56. The van der Waals surface area contributed by atoms with Gasteiger partial charge in [-0.1, -0.05) is 36.5 Å². The van der Waals surface area contributed by atoms with Gasteiger partial charge in [-0.25, -0.2) is 4.39 Å². The van der Waals surface area contributed by atoms with Crippen LogP contribution in [0.4, 0.5) is 4.39 Å². The molecule has 0 aromatic heterocycles. The van der Waals surface area contributed by atoms with Gasteiger partial charge in [0.2, 0.25) is 0 Å². The Balaban J connectivity index is 2.00. The van der Waals surface area contributed by atoms with Crippen molar-refractivity contribution in [3.63, 3.8) is 0 Å². The highest BCUT2D eigenvalue weighted by Gasteiger charge is 2.05. The van der Waals surface area contributed by atoms with Crippen LogP contribution in [0, 0.1) is 5.82 Å². The van der Waals surface area contributed by atoms with Crippen LogP contribution in [0.15, 0.2) is 46.9 Å². The third-order valence-corrected chi connectivity index (χ3v) is 3.76. The SMILES string of the molecule is NC(=S)Cc1ccc(OCc2cccc(F)c2Br)cc1. The topological polar surface area (TPSA) is 35.2 Å². The van der Waals surface area contributed by atoms with E-state index in [1.54, 1.807) is 6.07 Å². The Bertz CT molecular complexity index is 616. The Labute approximate surface area is 130 Å². The van der Waals surface area contributed by atoms with E-state index in [-0.39, 0.29) is 5.82 Å². The average Bonchev–Trinajstić information content (AvgIpc) is 2.41. The summed E-state index contributed by atoms with van der Waals surface area (Å²) in [6.45, 7) is 0.299. The van der Waals surface area contributed by atoms with Gasteiger partial charge in [-0.3, -0.25) is 0 Å². The molecule has 2 aromatic rings. The van der Waals surface area contributed by atoms with Crippen molar-refractivity contribution >= 4 is 33.1 Å². The molecule has 2 N–H and O–H groups in total. The van der Waals surface area contributed by atoms with Crippen molar-refractivity contribution in [2.24, 2.45) is 5.73 Å². The van der Waals surface area contributed by atoms with Crippen molar-refractivity contribution in [2.75, 3.05) is 0 Å². The fourth-order valence-corrected chi connectivity index (χ4v) is 2.27. The molecule has 0 aliphatic rings. The van der Waals surface area contributed by atoms with Crippen LogP contribution in [0.3, 0.4) is 0 Å². The zero-order valence-electron chi connectivity index (χ0n) is 10.6. The van der Waals surface area contributed by atoms with Crippen LogP contribution < -0.4 is 10.5 Å². The molecule has 0 unspecified atom stereocenters. The summed E-state index contributed by atoms with van der Waals surface area (Å²) < 4.78 is 19.4. The van der Waals surface area contributed by atoms with E-state index in [1.807, 2.05) is 30.3 Å². The molecule has 2 rings (SSSR count). The molecular formula is C15H13BrFNOS. The van der Waals surface area contributed by atoms with Crippen LogP contribution in [0.2, 0.25) is 0 Å². The van der Waals surface area contributed by atoms with Crippen LogP contribution in [-0.4, -0.2) is 4.99 Å². The molecule has 104 valence electrons. The number of rotatable bonds is 5.